The van der Waals surface area contributed by atoms with Crippen LogP contribution in [0.2, 0.25) is 0 Å². The van der Waals surface area contributed by atoms with Gasteiger partial charge < -0.3 is 20.5 Å². The summed E-state index contributed by atoms with van der Waals surface area (Å²) in [5, 5.41) is 14.2. The number of carbonyl (C=O) groups is 3. The fourth-order valence-electron chi connectivity index (χ4n) is 4.00. The van der Waals surface area contributed by atoms with Crippen LogP contribution in [0.5, 0.6) is 0 Å². The Hall–Kier alpha value is -3.35. The number of hydrogen-bond acceptors (Lipinski definition) is 4. The van der Waals surface area contributed by atoms with Crippen molar-refractivity contribution in [3.8, 4) is 11.1 Å². The minimum atomic E-state index is -0.983. The molecule has 0 aromatic heterocycles. The maximum Gasteiger partial charge on any atom is 0.407 e. The third-order valence-electron chi connectivity index (χ3n) is 5.27. The molecule has 164 valence electrons. The lowest BCUT2D eigenvalue weighted by Gasteiger charge is -2.26. The van der Waals surface area contributed by atoms with Crippen LogP contribution in [0.3, 0.4) is 0 Å². The molecule has 0 saturated heterocycles. The van der Waals surface area contributed by atoms with Crippen molar-refractivity contribution in [2.45, 2.75) is 51.1 Å². The zero-order valence-corrected chi connectivity index (χ0v) is 18.0. The Morgan fingerprint density at radius 3 is 2.13 bits per heavy atom. The van der Waals surface area contributed by atoms with Crippen molar-refractivity contribution < 1.29 is 24.2 Å². The molecule has 1 atom stereocenters. The number of ether oxygens (including phenoxy) is 1. The van der Waals surface area contributed by atoms with Crippen molar-refractivity contribution in [3.05, 3.63) is 59.7 Å². The molecule has 2 aromatic rings. The summed E-state index contributed by atoms with van der Waals surface area (Å²) in [6, 6.07) is 15.7. The molecule has 31 heavy (non-hydrogen) atoms. The Balaban J connectivity index is 1.56. The molecule has 0 aliphatic heterocycles. The number of hydrogen-bond donors (Lipinski definition) is 3. The van der Waals surface area contributed by atoms with Gasteiger partial charge in [-0.2, -0.15) is 0 Å². The minimum absolute atomic E-state index is 0.00115. The molecule has 1 aliphatic rings. The molecule has 3 N–H and O–H groups in total. The van der Waals surface area contributed by atoms with E-state index in [0.29, 0.717) is 0 Å². The Morgan fingerprint density at radius 1 is 1.03 bits per heavy atom. The number of carboxylic acids is 1. The number of fused-ring (bicyclic) bond motifs is 3. The maximum absolute atomic E-state index is 12.4. The normalized spacial score (nSPS) is 13.6. The highest BCUT2D eigenvalue weighted by molar-refractivity contribution is 5.80. The van der Waals surface area contributed by atoms with Crippen molar-refractivity contribution >= 4 is 18.0 Å². The predicted molar refractivity (Wildman–Crippen MR) is 117 cm³/mol. The predicted octanol–water partition coefficient (Wildman–Crippen LogP) is 3.67. The molecule has 2 amide bonds. The second-order valence-corrected chi connectivity index (χ2v) is 8.58. The van der Waals surface area contributed by atoms with E-state index in [4.69, 9.17) is 9.84 Å². The van der Waals surface area contributed by atoms with Gasteiger partial charge in [0.05, 0.1) is 6.42 Å². The molecule has 0 unspecified atom stereocenters. The Morgan fingerprint density at radius 2 is 1.58 bits per heavy atom. The van der Waals surface area contributed by atoms with E-state index in [1.165, 1.54) is 0 Å². The fourth-order valence-corrected chi connectivity index (χ4v) is 4.00. The van der Waals surface area contributed by atoms with Crippen molar-refractivity contribution in [1.82, 2.24) is 10.6 Å². The van der Waals surface area contributed by atoms with Gasteiger partial charge in [-0.3, -0.25) is 9.59 Å². The van der Waals surface area contributed by atoms with E-state index >= 15 is 0 Å². The van der Waals surface area contributed by atoms with Gasteiger partial charge >= 0.3 is 12.1 Å². The first-order chi connectivity index (χ1) is 14.7. The lowest BCUT2D eigenvalue weighted by Crippen LogP contribution is -2.48. The number of benzene rings is 2. The summed E-state index contributed by atoms with van der Waals surface area (Å²) in [5.74, 6) is -1.36. The van der Waals surface area contributed by atoms with Gasteiger partial charge in [-0.15, -0.1) is 0 Å². The fraction of sp³-hybridized carbons (Fsp3) is 0.375. The summed E-state index contributed by atoms with van der Waals surface area (Å²) in [7, 11) is 0. The molecular weight excluding hydrogens is 396 g/mol. The summed E-state index contributed by atoms with van der Waals surface area (Å²) < 4.78 is 5.53. The number of nitrogens with one attached hydrogen (secondary N) is 2. The summed E-state index contributed by atoms with van der Waals surface area (Å²) >= 11 is 0. The van der Waals surface area contributed by atoms with Gasteiger partial charge in [-0.05, 0) is 43.0 Å². The van der Waals surface area contributed by atoms with E-state index < -0.39 is 23.6 Å². The van der Waals surface area contributed by atoms with Crippen LogP contribution in [0.15, 0.2) is 48.5 Å². The first kappa shape index (κ1) is 22.3. The largest absolute Gasteiger partial charge is 0.481 e. The molecule has 0 spiro atoms. The maximum atomic E-state index is 12.4. The van der Waals surface area contributed by atoms with Crippen molar-refractivity contribution in [2.75, 3.05) is 6.61 Å². The standard InChI is InChI=1S/C24H28N2O5/c1-15(12-22(28)29)25-21(27)13-24(2,3)26-23(30)31-14-20-18-10-6-4-8-16(18)17-9-5-7-11-19(17)20/h4-11,15,20H,12-14H2,1-3H3,(H,25,27)(H,26,30)(H,28,29)/t15-/m0/s1. The Kier molecular flexibility index (Phi) is 6.63. The second kappa shape index (κ2) is 9.20. The molecule has 0 fully saturated rings. The van der Waals surface area contributed by atoms with E-state index in [0.717, 1.165) is 22.3 Å². The zero-order valence-electron chi connectivity index (χ0n) is 18.0. The number of carboxylic acid groups (broad SMARTS) is 1. The lowest BCUT2D eigenvalue weighted by molar-refractivity contribution is -0.137. The number of rotatable bonds is 8. The summed E-state index contributed by atoms with van der Waals surface area (Å²) in [6.07, 6.45) is -0.758. The monoisotopic (exact) mass is 424 g/mol. The highest BCUT2D eigenvalue weighted by Gasteiger charge is 2.30. The average molecular weight is 424 g/mol. The van der Waals surface area contributed by atoms with Gasteiger partial charge in [0.25, 0.3) is 0 Å². The third kappa shape index (κ3) is 5.63. The average Bonchev–Trinajstić information content (AvgIpc) is 2.98. The summed E-state index contributed by atoms with van der Waals surface area (Å²) in [4.78, 5) is 35.4. The van der Waals surface area contributed by atoms with Crippen LogP contribution >= 0.6 is 0 Å². The van der Waals surface area contributed by atoms with Gasteiger partial charge in [-0.1, -0.05) is 48.5 Å². The van der Waals surface area contributed by atoms with Crippen molar-refractivity contribution in [3.63, 3.8) is 0 Å². The van der Waals surface area contributed by atoms with Crippen molar-refractivity contribution in [1.29, 1.82) is 0 Å². The molecule has 0 heterocycles. The van der Waals surface area contributed by atoms with Crippen LogP contribution in [0.4, 0.5) is 4.79 Å². The first-order valence-electron chi connectivity index (χ1n) is 10.3. The summed E-state index contributed by atoms with van der Waals surface area (Å²) in [6.45, 7) is 5.25. The van der Waals surface area contributed by atoms with Gasteiger partial charge in [0.1, 0.15) is 6.61 Å². The van der Waals surface area contributed by atoms with Gasteiger partial charge in [0.2, 0.25) is 5.91 Å². The van der Waals surface area contributed by atoms with Crippen LogP contribution in [-0.4, -0.2) is 41.3 Å². The van der Waals surface area contributed by atoms with E-state index in [-0.39, 0.29) is 31.3 Å². The van der Waals surface area contributed by atoms with Gasteiger partial charge in [-0.25, -0.2) is 4.79 Å². The highest BCUT2D eigenvalue weighted by atomic mass is 16.5. The molecule has 3 rings (SSSR count). The van der Waals surface area contributed by atoms with Crippen LogP contribution in [-0.2, 0) is 14.3 Å². The number of amides is 2. The molecule has 1 aliphatic carbocycles. The second-order valence-electron chi connectivity index (χ2n) is 8.58. The van der Waals surface area contributed by atoms with Gasteiger partial charge in [0, 0.05) is 23.9 Å². The first-order valence-corrected chi connectivity index (χ1v) is 10.3. The van der Waals surface area contributed by atoms with Crippen molar-refractivity contribution in [2.24, 2.45) is 0 Å². The van der Waals surface area contributed by atoms with Crippen LogP contribution in [0.25, 0.3) is 11.1 Å². The number of carbonyl (C=O) groups excluding carboxylic acids is 2. The van der Waals surface area contributed by atoms with Crippen LogP contribution < -0.4 is 10.6 Å². The van der Waals surface area contributed by atoms with E-state index in [2.05, 4.69) is 22.8 Å². The third-order valence-corrected chi connectivity index (χ3v) is 5.27. The van der Waals surface area contributed by atoms with Crippen LogP contribution in [0, 0.1) is 0 Å². The molecular formula is C24H28N2O5. The van der Waals surface area contributed by atoms with Gasteiger partial charge in [0.15, 0.2) is 0 Å². The smallest absolute Gasteiger partial charge is 0.407 e. The Labute approximate surface area is 181 Å². The molecule has 7 heteroatoms. The zero-order chi connectivity index (χ0) is 22.6. The lowest BCUT2D eigenvalue weighted by atomic mass is 9.98. The SMILES string of the molecule is C[C@@H](CC(=O)O)NC(=O)CC(C)(C)NC(=O)OCC1c2ccccc2-c2ccccc21. The van der Waals surface area contributed by atoms with E-state index in [1.54, 1.807) is 20.8 Å². The van der Waals surface area contributed by atoms with Crippen LogP contribution in [0.1, 0.15) is 50.7 Å². The Bertz CT molecular complexity index is 940. The number of aliphatic carboxylic acids is 1. The number of alkyl carbamates (subject to hydrolysis) is 1. The van der Waals surface area contributed by atoms with E-state index in [1.807, 2.05) is 36.4 Å². The molecule has 0 radical (unpaired) electrons. The quantitative estimate of drug-likeness (QED) is 0.600. The topological polar surface area (TPSA) is 105 Å². The molecule has 2 aromatic carbocycles. The molecule has 7 nitrogen and oxygen atoms in total. The minimum Gasteiger partial charge on any atom is -0.481 e. The van der Waals surface area contributed by atoms with E-state index in [9.17, 15) is 14.4 Å². The molecule has 0 saturated carbocycles. The highest BCUT2D eigenvalue weighted by Crippen LogP contribution is 2.44. The molecule has 0 bridgehead atoms. The summed E-state index contributed by atoms with van der Waals surface area (Å²) in [5.41, 5.74) is 3.71.